The number of benzene rings is 2. The van der Waals surface area contributed by atoms with Gasteiger partial charge in [-0.3, -0.25) is 0 Å². The number of nitrogens with zero attached hydrogens (tertiary/aromatic N) is 2. The molecule has 0 N–H and O–H groups in total. The smallest absolute Gasteiger partial charge is 0.213 e. The molecule has 3 aromatic rings. The van der Waals surface area contributed by atoms with Gasteiger partial charge in [-0.25, -0.2) is 5.01 Å². The molecule has 0 amide bonds. The number of halogens is 1. The highest BCUT2D eigenvalue weighted by Gasteiger charge is 2.41. The number of rotatable bonds is 3. The zero-order valence-corrected chi connectivity index (χ0v) is 16.2. The summed E-state index contributed by atoms with van der Waals surface area (Å²) < 4.78 is 18.2. The minimum atomic E-state index is -0.304. The first-order valence-corrected chi connectivity index (χ1v) is 9.52. The molecule has 0 bridgehead atoms. The molecule has 0 spiro atoms. The molecule has 6 heteroatoms. The van der Waals surface area contributed by atoms with Crippen molar-refractivity contribution in [2.45, 2.75) is 18.7 Å². The molecule has 1 aromatic heterocycles. The Labute approximate surface area is 165 Å². The SMILES string of the molecule is COc1ccc([C@H]2Oc3ccc(Br)cc3[C@@H]3CC(c4ccco4)=NN23)cc1. The lowest BCUT2D eigenvalue weighted by molar-refractivity contribution is -0.0191. The van der Waals surface area contributed by atoms with E-state index in [1.165, 1.54) is 0 Å². The molecule has 136 valence electrons. The molecule has 2 atom stereocenters. The van der Waals surface area contributed by atoms with E-state index in [0.29, 0.717) is 0 Å². The molecule has 0 fully saturated rings. The minimum Gasteiger partial charge on any atom is -0.497 e. The second-order valence-electron chi connectivity index (χ2n) is 6.55. The summed E-state index contributed by atoms with van der Waals surface area (Å²) in [7, 11) is 1.66. The van der Waals surface area contributed by atoms with Gasteiger partial charge in [-0.15, -0.1) is 0 Å². The van der Waals surface area contributed by atoms with Crippen LogP contribution in [0, 0.1) is 0 Å². The molecule has 0 saturated carbocycles. The van der Waals surface area contributed by atoms with Crippen molar-refractivity contribution in [1.29, 1.82) is 0 Å². The quantitative estimate of drug-likeness (QED) is 0.572. The van der Waals surface area contributed by atoms with Gasteiger partial charge in [0.1, 0.15) is 23.0 Å². The maximum atomic E-state index is 6.35. The Balaban J connectivity index is 1.59. The Morgan fingerprint density at radius 1 is 1.15 bits per heavy atom. The molecule has 0 radical (unpaired) electrons. The maximum absolute atomic E-state index is 6.35. The lowest BCUT2D eigenvalue weighted by Gasteiger charge is -2.38. The Morgan fingerprint density at radius 3 is 2.74 bits per heavy atom. The van der Waals surface area contributed by atoms with Crippen LogP contribution in [0.2, 0.25) is 0 Å². The van der Waals surface area contributed by atoms with E-state index in [9.17, 15) is 0 Å². The molecule has 0 saturated heterocycles. The van der Waals surface area contributed by atoms with Crippen molar-refractivity contribution >= 4 is 21.6 Å². The summed E-state index contributed by atoms with van der Waals surface area (Å²) in [4.78, 5) is 0. The topological polar surface area (TPSA) is 47.2 Å². The number of hydrazone groups is 1. The van der Waals surface area contributed by atoms with Crippen LogP contribution in [0.1, 0.15) is 35.6 Å². The second kappa shape index (κ2) is 6.46. The fraction of sp³-hybridized carbons (Fsp3) is 0.190. The molecule has 0 unspecified atom stereocenters. The first kappa shape index (κ1) is 16.4. The number of methoxy groups -OCH3 is 1. The van der Waals surface area contributed by atoms with Gasteiger partial charge < -0.3 is 13.9 Å². The van der Waals surface area contributed by atoms with Gasteiger partial charge in [0.2, 0.25) is 6.23 Å². The van der Waals surface area contributed by atoms with Crippen LogP contribution in [0.5, 0.6) is 11.5 Å². The van der Waals surface area contributed by atoms with Gasteiger partial charge in [-0.2, -0.15) is 5.10 Å². The van der Waals surface area contributed by atoms with E-state index >= 15 is 0 Å². The summed E-state index contributed by atoms with van der Waals surface area (Å²) >= 11 is 3.57. The number of furan rings is 1. The van der Waals surface area contributed by atoms with Gasteiger partial charge >= 0.3 is 0 Å². The highest BCUT2D eigenvalue weighted by atomic mass is 79.9. The van der Waals surface area contributed by atoms with Crippen molar-refractivity contribution in [2.24, 2.45) is 5.10 Å². The molecule has 5 rings (SSSR count). The Kier molecular flexibility index (Phi) is 3.93. The van der Waals surface area contributed by atoms with Crippen molar-refractivity contribution in [2.75, 3.05) is 7.11 Å². The van der Waals surface area contributed by atoms with Crippen molar-refractivity contribution in [1.82, 2.24) is 5.01 Å². The van der Waals surface area contributed by atoms with Gasteiger partial charge in [0.25, 0.3) is 0 Å². The summed E-state index contributed by atoms with van der Waals surface area (Å²) in [6, 6.07) is 18.0. The number of hydrogen-bond acceptors (Lipinski definition) is 5. The van der Waals surface area contributed by atoms with Crippen LogP contribution in [0.25, 0.3) is 0 Å². The molecule has 2 aromatic carbocycles. The first-order valence-electron chi connectivity index (χ1n) is 8.72. The largest absolute Gasteiger partial charge is 0.497 e. The summed E-state index contributed by atoms with van der Waals surface area (Å²) in [6.07, 6.45) is 2.14. The lowest BCUT2D eigenvalue weighted by atomic mass is 9.97. The number of hydrogen-bond donors (Lipinski definition) is 0. The molecule has 27 heavy (non-hydrogen) atoms. The Hall–Kier alpha value is -2.73. The van der Waals surface area contributed by atoms with Crippen molar-refractivity contribution < 1.29 is 13.9 Å². The third-order valence-corrected chi connectivity index (χ3v) is 5.45. The Morgan fingerprint density at radius 2 is 2.00 bits per heavy atom. The lowest BCUT2D eigenvalue weighted by Crippen LogP contribution is -2.33. The number of ether oxygens (including phenoxy) is 2. The summed E-state index contributed by atoms with van der Waals surface area (Å²) in [5.41, 5.74) is 3.08. The van der Waals surface area contributed by atoms with E-state index in [4.69, 9.17) is 19.0 Å². The Bertz CT molecular complexity index is 999. The van der Waals surface area contributed by atoms with E-state index in [0.717, 1.165) is 45.0 Å². The van der Waals surface area contributed by atoms with E-state index in [2.05, 4.69) is 22.0 Å². The number of fused-ring (bicyclic) bond motifs is 3. The van der Waals surface area contributed by atoms with Crippen LogP contribution in [0.3, 0.4) is 0 Å². The predicted molar refractivity (Wildman–Crippen MR) is 105 cm³/mol. The molecule has 3 heterocycles. The minimum absolute atomic E-state index is 0.0958. The van der Waals surface area contributed by atoms with Crippen LogP contribution < -0.4 is 9.47 Å². The third kappa shape index (κ3) is 2.80. The van der Waals surface area contributed by atoms with Crippen LogP contribution in [0.15, 0.2) is 74.9 Å². The summed E-state index contributed by atoms with van der Waals surface area (Å²) in [6.45, 7) is 0. The predicted octanol–water partition coefficient (Wildman–Crippen LogP) is 5.29. The van der Waals surface area contributed by atoms with Crippen LogP contribution in [-0.2, 0) is 0 Å². The van der Waals surface area contributed by atoms with Crippen molar-refractivity contribution in [3.63, 3.8) is 0 Å². The highest BCUT2D eigenvalue weighted by molar-refractivity contribution is 9.10. The molecular weight excluding hydrogens is 408 g/mol. The van der Waals surface area contributed by atoms with E-state index in [-0.39, 0.29) is 12.3 Å². The van der Waals surface area contributed by atoms with Gasteiger partial charge in [-0.05, 0) is 54.6 Å². The molecular formula is C21H17BrN2O3. The van der Waals surface area contributed by atoms with Gasteiger partial charge in [0.05, 0.1) is 19.4 Å². The van der Waals surface area contributed by atoms with Crippen LogP contribution in [-0.4, -0.2) is 17.8 Å². The average molecular weight is 425 g/mol. The summed E-state index contributed by atoms with van der Waals surface area (Å²) in [5, 5.41) is 6.90. The average Bonchev–Trinajstić information content (AvgIpc) is 3.37. The van der Waals surface area contributed by atoms with Crippen molar-refractivity contribution in [3.05, 3.63) is 82.2 Å². The molecule has 2 aliphatic heterocycles. The van der Waals surface area contributed by atoms with E-state index in [1.54, 1.807) is 13.4 Å². The first-order chi connectivity index (χ1) is 13.2. The van der Waals surface area contributed by atoms with Crippen LogP contribution in [0.4, 0.5) is 0 Å². The maximum Gasteiger partial charge on any atom is 0.213 e. The van der Waals surface area contributed by atoms with Gasteiger partial charge in [-0.1, -0.05) is 15.9 Å². The van der Waals surface area contributed by atoms with Gasteiger partial charge in [0.15, 0.2) is 0 Å². The zero-order chi connectivity index (χ0) is 18.4. The standard InChI is InChI=1S/C21H17BrN2O3/c1-25-15-7-4-13(5-8-15)21-24-18(12-17(23-24)20-3-2-10-26-20)16-11-14(22)6-9-19(16)27-21/h2-11,18,21H,12H2,1H3/t18-,21+/m0/s1. The zero-order valence-electron chi connectivity index (χ0n) is 14.6. The third-order valence-electron chi connectivity index (χ3n) is 4.96. The van der Waals surface area contributed by atoms with Crippen molar-refractivity contribution in [3.8, 4) is 11.5 Å². The monoisotopic (exact) mass is 424 g/mol. The highest BCUT2D eigenvalue weighted by Crippen LogP contribution is 2.48. The summed E-state index contributed by atoms with van der Waals surface area (Å²) in [5.74, 6) is 2.50. The van der Waals surface area contributed by atoms with Gasteiger partial charge in [0, 0.05) is 22.0 Å². The van der Waals surface area contributed by atoms with E-state index in [1.807, 2.05) is 53.5 Å². The molecule has 5 nitrogen and oxygen atoms in total. The normalized spacial score (nSPS) is 20.5. The van der Waals surface area contributed by atoms with Crippen LogP contribution >= 0.6 is 15.9 Å². The van der Waals surface area contributed by atoms with E-state index < -0.39 is 0 Å². The fourth-order valence-electron chi connectivity index (χ4n) is 3.64. The second-order valence-corrected chi connectivity index (χ2v) is 7.47. The molecule has 2 aliphatic rings. The molecule has 0 aliphatic carbocycles. The fourth-order valence-corrected chi connectivity index (χ4v) is 4.02.